The molecule has 3 rings (SSSR count). The number of anilines is 1. The maximum atomic E-state index is 13.3. The highest BCUT2D eigenvalue weighted by Crippen LogP contribution is 2.41. The highest BCUT2D eigenvalue weighted by atomic mass is 35.5. The number of carbonyl (C=O) groups excluding carboxylic acids is 3. The van der Waals surface area contributed by atoms with Crippen molar-refractivity contribution in [3.05, 3.63) is 63.6 Å². The van der Waals surface area contributed by atoms with Gasteiger partial charge in [0.15, 0.2) is 5.78 Å². The van der Waals surface area contributed by atoms with Gasteiger partial charge in [-0.25, -0.2) is 13.1 Å². The number of halogens is 2. The molecule has 2 aromatic carbocycles. The van der Waals surface area contributed by atoms with Gasteiger partial charge in [0, 0.05) is 12.2 Å². The lowest BCUT2D eigenvalue weighted by atomic mass is 9.81. The van der Waals surface area contributed by atoms with Crippen molar-refractivity contribution in [2.24, 2.45) is 5.41 Å². The topological polar surface area (TPSA) is 121 Å². The molecule has 1 saturated carbocycles. The first-order valence-electron chi connectivity index (χ1n) is 12.0. The molecule has 0 spiro atoms. The van der Waals surface area contributed by atoms with E-state index in [1.54, 1.807) is 42.5 Å². The van der Waals surface area contributed by atoms with Gasteiger partial charge >= 0.3 is 0 Å². The Bertz CT molecular complexity index is 1240. The Kier molecular flexibility index (Phi) is 9.74. The number of sulfonamides is 1. The molecule has 37 heavy (non-hydrogen) atoms. The minimum absolute atomic E-state index is 0.170. The number of nitrogens with one attached hydrogen (secondary N) is 3. The molecule has 2 aromatic rings. The molecule has 0 radical (unpaired) electrons. The van der Waals surface area contributed by atoms with Crippen LogP contribution in [0.4, 0.5) is 5.69 Å². The summed E-state index contributed by atoms with van der Waals surface area (Å²) in [6, 6.07) is 11.0. The van der Waals surface area contributed by atoms with Gasteiger partial charge in [0.05, 0.1) is 33.3 Å². The smallest absolute Gasteiger partial charge is 0.258 e. The second kappa shape index (κ2) is 12.4. The van der Waals surface area contributed by atoms with Crippen LogP contribution in [0.25, 0.3) is 0 Å². The summed E-state index contributed by atoms with van der Waals surface area (Å²) < 4.78 is 25.3. The highest BCUT2D eigenvalue weighted by Gasteiger charge is 2.41. The molecule has 1 aliphatic carbocycles. The molecule has 11 heteroatoms. The lowest BCUT2D eigenvalue weighted by Crippen LogP contribution is -2.49. The fraction of sp³-hybridized carbons (Fsp3) is 0.423. The van der Waals surface area contributed by atoms with Crippen molar-refractivity contribution >= 4 is 56.5 Å². The third-order valence-electron chi connectivity index (χ3n) is 6.65. The molecule has 0 aliphatic heterocycles. The standard InChI is InChI=1S/C26H31Cl2N3O5S/c1-17(32)22(31-25(34)26(12-3-4-13-26)14-15-29-37(2,35)36)16-18-8-10-19(11-9-18)30-24(33)23-20(27)6-5-7-21(23)28/h5-11,22,29H,3-4,12-16H2,1-2H3,(H,30,33)(H,31,34). The summed E-state index contributed by atoms with van der Waals surface area (Å²) >= 11 is 12.2. The molecule has 1 atom stereocenters. The van der Waals surface area contributed by atoms with Crippen LogP contribution < -0.4 is 15.4 Å². The number of hydrogen-bond acceptors (Lipinski definition) is 5. The summed E-state index contributed by atoms with van der Waals surface area (Å²) in [5.74, 6) is -0.841. The largest absolute Gasteiger partial charge is 0.345 e. The molecule has 1 fully saturated rings. The first-order chi connectivity index (χ1) is 17.4. The summed E-state index contributed by atoms with van der Waals surface area (Å²) in [6.45, 7) is 1.60. The monoisotopic (exact) mass is 567 g/mol. The van der Waals surface area contributed by atoms with Gasteiger partial charge in [0.25, 0.3) is 5.91 Å². The van der Waals surface area contributed by atoms with Crippen molar-refractivity contribution in [2.45, 2.75) is 51.5 Å². The zero-order valence-electron chi connectivity index (χ0n) is 20.8. The summed E-state index contributed by atoms with van der Waals surface area (Å²) in [7, 11) is -3.35. The number of amides is 2. The van der Waals surface area contributed by atoms with Crippen LogP contribution in [-0.4, -0.2) is 44.9 Å². The number of carbonyl (C=O) groups is 3. The van der Waals surface area contributed by atoms with Gasteiger partial charge in [-0.3, -0.25) is 14.4 Å². The first-order valence-corrected chi connectivity index (χ1v) is 14.7. The lowest BCUT2D eigenvalue weighted by molar-refractivity contribution is -0.134. The molecular weight excluding hydrogens is 537 g/mol. The van der Waals surface area contributed by atoms with Crippen LogP contribution in [0.3, 0.4) is 0 Å². The average Bonchev–Trinajstić information content (AvgIpc) is 3.29. The van der Waals surface area contributed by atoms with Crippen LogP contribution in [0, 0.1) is 5.41 Å². The van der Waals surface area contributed by atoms with E-state index < -0.39 is 27.4 Å². The molecule has 8 nitrogen and oxygen atoms in total. The maximum absolute atomic E-state index is 13.3. The van der Waals surface area contributed by atoms with E-state index in [-0.39, 0.29) is 40.3 Å². The lowest BCUT2D eigenvalue weighted by Gasteiger charge is -2.30. The van der Waals surface area contributed by atoms with Gasteiger partial charge < -0.3 is 10.6 Å². The van der Waals surface area contributed by atoms with Crippen molar-refractivity contribution in [1.29, 1.82) is 0 Å². The summed E-state index contributed by atoms with van der Waals surface area (Å²) in [5, 5.41) is 6.15. The molecule has 0 aromatic heterocycles. The van der Waals surface area contributed by atoms with E-state index in [2.05, 4.69) is 15.4 Å². The Morgan fingerprint density at radius 1 is 1.00 bits per heavy atom. The molecule has 0 saturated heterocycles. The summed E-state index contributed by atoms with van der Waals surface area (Å²) in [6.07, 6.45) is 4.80. The number of hydrogen-bond donors (Lipinski definition) is 3. The fourth-order valence-corrected chi connectivity index (χ4v) is 5.64. The number of ketones is 1. The molecule has 0 bridgehead atoms. The van der Waals surface area contributed by atoms with Gasteiger partial charge in [-0.2, -0.15) is 0 Å². The molecule has 3 N–H and O–H groups in total. The molecule has 200 valence electrons. The third-order valence-corrected chi connectivity index (χ3v) is 8.01. The number of Topliss-reactive ketones (excluding diaryl/α,β-unsaturated/α-hetero) is 1. The van der Waals surface area contributed by atoms with E-state index in [0.717, 1.165) is 24.7 Å². The van der Waals surface area contributed by atoms with Gasteiger partial charge in [-0.1, -0.05) is 54.2 Å². The second-order valence-electron chi connectivity index (χ2n) is 9.49. The zero-order chi connectivity index (χ0) is 27.2. The van der Waals surface area contributed by atoms with Crippen LogP contribution >= 0.6 is 23.2 Å². The van der Waals surface area contributed by atoms with Crippen molar-refractivity contribution in [1.82, 2.24) is 10.0 Å². The van der Waals surface area contributed by atoms with Crippen molar-refractivity contribution in [3.63, 3.8) is 0 Å². The molecule has 0 heterocycles. The van der Waals surface area contributed by atoms with Crippen molar-refractivity contribution in [2.75, 3.05) is 18.1 Å². The minimum Gasteiger partial charge on any atom is -0.345 e. The Morgan fingerprint density at radius 3 is 2.14 bits per heavy atom. The third kappa shape index (κ3) is 8.01. The van der Waals surface area contributed by atoms with Crippen LogP contribution in [0.15, 0.2) is 42.5 Å². The normalized spacial score (nSPS) is 15.7. The van der Waals surface area contributed by atoms with E-state index in [4.69, 9.17) is 23.2 Å². The van der Waals surface area contributed by atoms with Gasteiger partial charge in [-0.15, -0.1) is 0 Å². The first kappa shape index (κ1) is 29.1. The Labute approximate surface area is 227 Å². The summed E-state index contributed by atoms with van der Waals surface area (Å²) in [4.78, 5) is 38.3. The fourth-order valence-electron chi connectivity index (χ4n) is 4.59. The molecule has 1 aliphatic rings. The molecule has 1 unspecified atom stereocenters. The number of rotatable bonds is 11. The van der Waals surface area contributed by atoms with E-state index in [9.17, 15) is 22.8 Å². The Balaban J connectivity index is 1.65. The van der Waals surface area contributed by atoms with E-state index in [1.807, 2.05) is 0 Å². The predicted molar refractivity (Wildman–Crippen MR) is 146 cm³/mol. The van der Waals surface area contributed by atoms with E-state index in [1.165, 1.54) is 6.92 Å². The Hall–Kier alpha value is -2.46. The van der Waals surface area contributed by atoms with Gasteiger partial charge in [0.2, 0.25) is 15.9 Å². The van der Waals surface area contributed by atoms with Crippen LogP contribution in [-0.2, 0) is 26.0 Å². The van der Waals surface area contributed by atoms with Crippen molar-refractivity contribution < 1.29 is 22.8 Å². The van der Waals surface area contributed by atoms with Crippen LogP contribution in [0.5, 0.6) is 0 Å². The minimum atomic E-state index is -3.35. The zero-order valence-corrected chi connectivity index (χ0v) is 23.1. The maximum Gasteiger partial charge on any atom is 0.258 e. The second-order valence-corrected chi connectivity index (χ2v) is 12.1. The Morgan fingerprint density at radius 2 is 1.59 bits per heavy atom. The van der Waals surface area contributed by atoms with Crippen LogP contribution in [0.1, 0.15) is 54.9 Å². The van der Waals surface area contributed by atoms with Crippen LogP contribution in [0.2, 0.25) is 10.0 Å². The quantitative estimate of drug-likeness (QED) is 0.372. The number of benzene rings is 2. The highest BCUT2D eigenvalue weighted by molar-refractivity contribution is 7.88. The predicted octanol–water partition coefficient (Wildman–Crippen LogP) is 4.36. The van der Waals surface area contributed by atoms with Crippen molar-refractivity contribution in [3.8, 4) is 0 Å². The SMILES string of the molecule is CC(=O)C(Cc1ccc(NC(=O)c2c(Cl)cccc2Cl)cc1)NC(=O)C1(CCNS(C)(=O)=O)CCCC1. The molecular formula is C26H31Cl2N3O5S. The van der Waals surface area contributed by atoms with E-state index in [0.29, 0.717) is 24.9 Å². The van der Waals surface area contributed by atoms with Gasteiger partial charge in [0.1, 0.15) is 0 Å². The summed E-state index contributed by atoms with van der Waals surface area (Å²) in [5.41, 5.74) is 0.811. The van der Waals surface area contributed by atoms with Gasteiger partial charge in [-0.05, 0) is 62.4 Å². The van der Waals surface area contributed by atoms with E-state index >= 15 is 0 Å². The average molecular weight is 569 g/mol. The molecule has 2 amide bonds.